The van der Waals surface area contributed by atoms with Gasteiger partial charge in [-0.1, -0.05) is 44.2 Å². The minimum atomic E-state index is -1.40. The van der Waals surface area contributed by atoms with Crippen molar-refractivity contribution >= 4 is 22.7 Å². The van der Waals surface area contributed by atoms with Crippen LogP contribution in [0.3, 0.4) is 0 Å². The largest absolute Gasteiger partial charge is 0.384 e. The van der Waals surface area contributed by atoms with Gasteiger partial charge in [0.1, 0.15) is 5.82 Å². The van der Waals surface area contributed by atoms with Gasteiger partial charge in [-0.3, -0.25) is 24.8 Å². The number of aromatic nitrogens is 1. The number of imide groups is 1. The molecule has 2 N–H and O–H groups in total. The minimum Gasteiger partial charge on any atom is -0.384 e. The molecule has 6 rings (SSSR count). The monoisotopic (exact) mass is 540 g/mol. The first-order chi connectivity index (χ1) is 19.0. The Hall–Kier alpha value is -3.67. The van der Waals surface area contributed by atoms with Crippen LogP contribution in [0.2, 0.25) is 0 Å². The van der Waals surface area contributed by atoms with Crippen LogP contribution < -0.4 is 5.32 Å². The molecule has 2 saturated heterocycles. The summed E-state index contributed by atoms with van der Waals surface area (Å²) in [5.74, 6) is -1.79. The molecule has 2 aromatic carbocycles. The zero-order valence-corrected chi connectivity index (χ0v) is 22.8. The Morgan fingerprint density at radius 3 is 2.55 bits per heavy atom. The summed E-state index contributed by atoms with van der Waals surface area (Å²) in [7, 11) is 0. The van der Waals surface area contributed by atoms with E-state index in [0.717, 1.165) is 24.0 Å². The first kappa shape index (κ1) is 26.5. The molecule has 2 atom stereocenters. The third-order valence-corrected chi connectivity index (χ3v) is 9.31. The van der Waals surface area contributed by atoms with Gasteiger partial charge in [-0.15, -0.1) is 0 Å². The summed E-state index contributed by atoms with van der Waals surface area (Å²) in [6.45, 7) is 5.80. The number of carbonyl (C=O) groups is 2. The number of carbonyl (C=O) groups excluding carboxylic acids is 2. The number of rotatable bonds is 5. The Morgan fingerprint density at radius 2 is 1.90 bits per heavy atom. The van der Waals surface area contributed by atoms with Gasteiger partial charge in [0, 0.05) is 48.6 Å². The summed E-state index contributed by atoms with van der Waals surface area (Å²) in [5, 5.41) is 24.1. The van der Waals surface area contributed by atoms with Gasteiger partial charge in [-0.25, -0.2) is 4.39 Å². The van der Waals surface area contributed by atoms with Crippen molar-refractivity contribution in [2.24, 2.45) is 5.41 Å². The molecule has 0 bridgehead atoms. The minimum absolute atomic E-state index is 0.228. The summed E-state index contributed by atoms with van der Waals surface area (Å²) >= 11 is 0. The molecule has 1 aromatic heterocycles. The maximum atomic E-state index is 16.2. The van der Waals surface area contributed by atoms with E-state index in [1.165, 1.54) is 0 Å². The number of hydrogen-bond donors (Lipinski definition) is 2. The number of nitrogens with zero attached hydrogens (tertiary/aromatic N) is 3. The summed E-state index contributed by atoms with van der Waals surface area (Å²) in [4.78, 5) is 30.6. The first-order valence-corrected chi connectivity index (χ1v) is 13.9. The smallest absolute Gasteiger partial charge is 0.234 e. The number of piperidine rings is 2. The number of likely N-dealkylation sites (tertiary alicyclic amines) is 1. The second kappa shape index (κ2) is 9.46. The molecule has 0 radical (unpaired) electrons. The van der Waals surface area contributed by atoms with Crippen LogP contribution >= 0.6 is 0 Å². The Morgan fingerprint density at radius 1 is 1.15 bits per heavy atom. The molecule has 7 nitrogen and oxygen atoms in total. The Balaban J connectivity index is 1.23. The quantitative estimate of drug-likeness (QED) is 0.460. The molecule has 206 valence electrons. The first-order valence-electron chi connectivity index (χ1n) is 13.9. The molecule has 40 heavy (non-hydrogen) atoms. The van der Waals surface area contributed by atoms with E-state index in [1.54, 1.807) is 24.4 Å². The zero-order valence-electron chi connectivity index (χ0n) is 22.8. The molecular weight excluding hydrogens is 507 g/mol. The number of nitriles is 1. The molecule has 0 unspecified atom stereocenters. The molecule has 3 aliphatic rings. The lowest BCUT2D eigenvalue weighted by molar-refractivity contribution is -0.134. The van der Waals surface area contributed by atoms with Gasteiger partial charge in [0.2, 0.25) is 11.8 Å². The van der Waals surface area contributed by atoms with E-state index < -0.39 is 28.7 Å². The fourth-order valence-electron chi connectivity index (χ4n) is 6.54. The highest BCUT2D eigenvalue weighted by Gasteiger charge is 2.50. The Labute approximate surface area is 233 Å². The highest BCUT2D eigenvalue weighted by atomic mass is 19.1. The van der Waals surface area contributed by atoms with E-state index >= 15 is 4.39 Å². The number of pyridine rings is 1. The van der Waals surface area contributed by atoms with Crippen molar-refractivity contribution < 1.29 is 19.1 Å². The van der Waals surface area contributed by atoms with Crippen molar-refractivity contribution in [3.8, 4) is 6.07 Å². The predicted octanol–water partition coefficient (Wildman–Crippen LogP) is 4.57. The Bertz CT molecular complexity index is 1560. The second-order valence-corrected chi connectivity index (χ2v) is 12.4. The number of halogens is 1. The predicted molar refractivity (Wildman–Crippen MR) is 147 cm³/mol. The fraction of sp³-hybridized carbons (Fsp3) is 0.438. The highest BCUT2D eigenvalue weighted by molar-refractivity contribution is 6.01. The molecule has 1 saturated carbocycles. The lowest BCUT2D eigenvalue weighted by Crippen LogP contribution is -2.55. The topological polar surface area (TPSA) is 106 Å². The van der Waals surface area contributed by atoms with Crippen LogP contribution in [0, 0.1) is 22.6 Å². The second-order valence-electron chi connectivity index (χ2n) is 12.4. The molecular formula is C32H33FN4O3. The van der Waals surface area contributed by atoms with Crippen LogP contribution in [0.25, 0.3) is 10.9 Å². The van der Waals surface area contributed by atoms with E-state index in [0.29, 0.717) is 43.6 Å². The number of benzene rings is 2. The average molecular weight is 541 g/mol. The maximum Gasteiger partial charge on any atom is 0.234 e. The van der Waals surface area contributed by atoms with Crippen molar-refractivity contribution in [1.82, 2.24) is 15.2 Å². The maximum absolute atomic E-state index is 16.2. The van der Waals surface area contributed by atoms with Crippen LogP contribution in [0.15, 0.2) is 48.7 Å². The van der Waals surface area contributed by atoms with E-state index in [1.807, 2.05) is 13.8 Å². The average Bonchev–Trinajstić information content (AvgIpc) is 3.73. The zero-order chi connectivity index (χ0) is 28.3. The highest BCUT2D eigenvalue weighted by Crippen LogP contribution is 2.49. The third kappa shape index (κ3) is 4.38. The molecule has 3 fully saturated rings. The Kier molecular flexibility index (Phi) is 6.28. The number of nitrogens with one attached hydrogen (secondary N) is 1. The SMILES string of the molecule is CC1(C)CN(Cc2ccc(C3(C#N)CC3)cc2)CC[C@@]1(O)c1ccc2ncc([C@@H]3CCC(=O)NC3=O)cc2c1F. The van der Waals surface area contributed by atoms with Gasteiger partial charge in [-0.05, 0) is 54.5 Å². The lowest BCUT2D eigenvalue weighted by atomic mass is 9.66. The van der Waals surface area contributed by atoms with E-state index in [2.05, 4.69) is 45.5 Å². The molecule has 3 heterocycles. The van der Waals surface area contributed by atoms with E-state index in [-0.39, 0.29) is 28.7 Å². The van der Waals surface area contributed by atoms with Gasteiger partial charge in [0.05, 0.1) is 28.5 Å². The van der Waals surface area contributed by atoms with Crippen LogP contribution in [-0.4, -0.2) is 39.9 Å². The van der Waals surface area contributed by atoms with E-state index in [4.69, 9.17) is 0 Å². The van der Waals surface area contributed by atoms with Crippen molar-refractivity contribution in [3.63, 3.8) is 0 Å². The molecule has 2 aliphatic heterocycles. The van der Waals surface area contributed by atoms with E-state index in [9.17, 15) is 20.0 Å². The van der Waals surface area contributed by atoms with Gasteiger partial charge >= 0.3 is 0 Å². The normalized spacial score (nSPS) is 25.8. The summed E-state index contributed by atoms with van der Waals surface area (Å²) in [6.07, 6.45) is 4.34. The van der Waals surface area contributed by atoms with Gasteiger partial charge in [0.25, 0.3) is 0 Å². The summed E-state index contributed by atoms with van der Waals surface area (Å²) in [6, 6.07) is 15.7. The number of fused-ring (bicyclic) bond motifs is 1. The molecule has 8 heteroatoms. The fourth-order valence-corrected chi connectivity index (χ4v) is 6.54. The van der Waals surface area contributed by atoms with Crippen LogP contribution in [-0.2, 0) is 27.1 Å². The van der Waals surface area contributed by atoms with Crippen molar-refractivity contribution in [2.45, 2.75) is 69.4 Å². The molecule has 3 aromatic rings. The van der Waals surface area contributed by atoms with Crippen molar-refractivity contribution in [2.75, 3.05) is 13.1 Å². The third-order valence-electron chi connectivity index (χ3n) is 9.31. The standard InChI is InChI=1S/C32H33FN4O3/c1-30(2)19-37(17-20-3-5-22(6-4-20)31(18-34)11-12-31)14-13-32(30,40)25-8-9-26-24(28(25)33)15-21(16-35-26)23-7-10-27(38)36-29(23)39/h3-6,8-9,15-16,23,40H,7,10-14,17,19H2,1-2H3,(H,36,38,39)/t23-,32+/m0/s1. The van der Waals surface area contributed by atoms with Crippen LogP contribution in [0.1, 0.15) is 74.1 Å². The van der Waals surface area contributed by atoms with Crippen molar-refractivity contribution in [3.05, 3.63) is 76.7 Å². The van der Waals surface area contributed by atoms with Gasteiger partial charge in [0.15, 0.2) is 0 Å². The number of amides is 2. The summed E-state index contributed by atoms with van der Waals surface area (Å²) < 4.78 is 16.2. The van der Waals surface area contributed by atoms with Gasteiger partial charge < -0.3 is 5.11 Å². The lowest BCUT2D eigenvalue weighted by Gasteiger charge is -2.50. The van der Waals surface area contributed by atoms with Crippen LogP contribution in [0.4, 0.5) is 4.39 Å². The molecule has 1 aliphatic carbocycles. The van der Waals surface area contributed by atoms with Crippen LogP contribution in [0.5, 0.6) is 0 Å². The molecule has 2 amide bonds. The number of aliphatic hydroxyl groups is 1. The van der Waals surface area contributed by atoms with Gasteiger partial charge in [-0.2, -0.15) is 5.26 Å². The summed E-state index contributed by atoms with van der Waals surface area (Å²) in [5.41, 5.74) is 1.10. The number of hydrogen-bond acceptors (Lipinski definition) is 6. The van der Waals surface area contributed by atoms with Crippen molar-refractivity contribution in [1.29, 1.82) is 5.26 Å². The molecule has 0 spiro atoms.